The second kappa shape index (κ2) is 11.5. The molecule has 0 aromatic heterocycles. The number of morpholine rings is 1. The van der Waals surface area contributed by atoms with Crippen LogP contribution >= 0.6 is 0 Å². The van der Waals surface area contributed by atoms with Gasteiger partial charge in [-0.1, -0.05) is 34.6 Å². The lowest BCUT2D eigenvalue weighted by Gasteiger charge is -2.64. The van der Waals surface area contributed by atoms with Crippen molar-refractivity contribution in [3.05, 3.63) is 0 Å². The van der Waals surface area contributed by atoms with Gasteiger partial charge in [-0.15, -0.1) is 0 Å². The predicted molar refractivity (Wildman–Crippen MR) is 175 cm³/mol. The molecule has 2 saturated heterocycles. The number of nitrogens with zero attached hydrogens (tertiary/aromatic N) is 1. The van der Waals surface area contributed by atoms with Gasteiger partial charge in [-0.25, -0.2) is 0 Å². The van der Waals surface area contributed by atoms with Crippen LogP contribution in [0.4, 0.5) is 13.2 Å². The van der Waals surface area contributed by atoms with E-state index < -0.39 is 36.8 Å². The molecule has 7 fully saturated rings. The highest BCUT2D eigenvalue weighted by molar-refractivity contribution is 5.33. The van der Waals surface area contributed by atoms with Crippen LogP contribution in [-0.4, -0.2) is 96.5 Å². The maximum atomic E-state index is 13.1. The van der Waals surface area contributed by atoms with Crippen molar-refractivity contribution in [1.29, 1.82) is 0 Å². The minimum Gasteiger partial charge on any atom is -0.390 e. The molecule has 0 bridgehead atoms. The fourth-order valence-electron chi connectivity index (χ4n) is 14.0. The summed E-state index contributed by atoms with van der Waals surface area (Å²) in [5, 5.41) is 23.6. The molecule has 276 valence electrons. The Hall–Kier alpha value is -0.490. The maximum absolute atomic E-state index is 13.1. The van der Waals surface area contributed by atoms with Crippen molar-refractivity contribution in [3.8, 4) is 0 Å². The first kappa shape index (κ1) is 35.9. The summed E-state index contributed by atoms with van der Waals surface area (Å²) in [6, 6.07) is 0. The number of aliphatic hydroxyl groups excluding tert-OH is 1. The fourth-order valence-corrected chi connectivity index (χ4v) is 14.0. The molecule has 2 heterocycles. The van der Waals surface area contributed by atoms with Crippen LogP contribution in [0.25, 0.3) is 0 Å². The first-order valence-electron chi connectivity index (χ1n) is 19.0. The zero-order valence-electron chi connectivity index (χ0n) is 30.6. The largest absolute Gasteiger partial charge is 0.401 e. The van der Waals surface area contributed by atoms with Gasteiger partial charge in [0, 0.05) is 25.1 Å². The average molecular weight is 686 g/mol. The molecule has 7 nitrogen and oxygen atoms in total. The molecule has 2 aliphatic heterocycles. The predicted octanol–water partition coefficient (Wildman–Crippen LogP) is 6.58. The highest BCUT2D eigenvalue weighted by Crippen LogP contribution is 2.89. The van der Waals surface area contributed by atoms with Crippen molar-refractivity contribution >= 4 is 0 Å². The van der Waals surface area contributed by atoms with E-state index in [1.165, 1.54) is 17.7 Å². The van der Waals surface area contributed by atoms with Crippen molar-refractivity contribution < 1.29 is 42.3 Å². The number of ether oxygens (including phenoxy) is 4. The van der Waals surface area contributed by atoms with Gasteiger partial charge in [-0.2, -0.15) is 13.2 Å². The van der Waals surface area contributed by atoms with E-state index in [-0.39, 0.29) is 71.0 Å². The number of fused-ring (bicyclic) bond motifs is 4. The van der Waals surface area contributed by atoms with E-state index in [4.69, 9.17) is 18.9 Å². The third kappa shape index (κ3) is 5.06. The molecule has 48 heavy (non-hydrogen) atoms. The number of rotatable bonds is 7. The Kier molecular flexibility index (Phi) is 8.60. The van der Waals surface area contributed by atoms with Crippen LogP contribution in [0.3, 0.4) is 0 Å². The van der Waals surface area contributed by atoms with Gasteiger partial charge >= 0.3 is 6.18 Å². The van der Waals surface area contributed by atoms with Gasteiger partial charge in [-0.3, -0.25) is 4.90 Å². The van der Waals surface area contributed by atoms with Crippen LogP contribution in [-0.2, 0) is 18.9 Å². The topological polar surface area (TPSA) is 80.6 Å². The summed E-state index contributed by atoms with van der Waals surface area (Å²) in [5.74, 6) is 1.44. The van der Waals surface area contributed by atoms with E-state index in [9.17, 15) is 23.4 Å². The molecule has 5 aliphatic carbocycles. The molecule has 2 spiro atoms. The smallest absolute Gasteiger partial charge is 0.390 e. The molecular formula is C38H62F3NO6. The lowest BCUT2D eigenvalue weighted by Crippen LogP contribution is -2.60. The normalized spacial score (nSPS) is 50.8. The first-order valence-corrected chi connectivity index (χ1v) is 19.0. The minimum absolute atomic E-state index is 0.0553. The maximum Gasteiger partial charge on any atom is 0.401 e. The van der Waals surface area contributed by atoms with E-state index in [1.807, 2.05) is 6.92 Å². The Balaban J connectivity index is 1.11. The second-order valence-corrected chi connectivity index (χ2v) is 18.9. The summed E-state index contributed by atoms with van der Waals surface area (Å²) in [5.41, 5.74) is -1.13. The molecule has 14 atom stereocenters. The molecule has 5 saturated carbocycles. The van der Waals surface area contributed by atoms with Crippen molar-refractivity contribution in [3.63, 3.8) is 0 Å². The lowest BCUT2D eigenvalue weighted by molar-refractivity contribution is -0.255. The van der Waals surface area contributed by atoms with E-state index in [1.54, 1.807) is 13.8 Å². The first-order chi connectivity index (χ1) is 22.2. The molecule has 7 aliphatic rings. The third-order valence-electron chi connectivity index (χ3n) is 16.0. The van der Waals surface area contributed by atoms with E-state index in [2.05, 4.69) is 34.6 Å². The number of alkyl halides is 3. The molecule has 0 radical (unpaired) electrons. The third-order valence-corrected chi connectivity index (χ3v) is 16.0. The SMILES string of the molecule is CCO[C@@H]([C@H]1C[C@@H](C)[C@H]2[C@H](O1)[C@H](O)[C@@]1(C)[C@@H]3CC[C@H]4C(C)(C)[C@@H](O[C@H]5CN(CC(F)(F)F)CCO5)CCC45C[C@@]35CC[C@]21C)C(C)(C)O. The molecule has 2 N–H and O–H groups in total. The summed E-state index contributed by atoms with van der Waals surface area (Å²) < 4.78 is 64.9. The van der Waals surface area contributed by atoms with Crippen molar-refractivity contribution in [2.45, 2.75) is 155 Å². The summed E-state index contributed by atoms with van der Waals surface area (Å²) in [6.07, 6.45) is 1.81. The van der Waals surface area contributed by atoms with Gasteiger partial charge in [0.25, 0.3) is 0 Å². The molecule has 0 amide bonds. The van der Waals surface area contributed by atoms with E-state index in [0.717, 1.165) is 38.5 Å². The van der Waals surface area contributed by atoms with Gasteiger partial charge in [0.2, 0.25) is 0 Å². The van der Waals surface area contributed by atoms with Crippen LogP contribution in [0, 0.1) is 50.7 Å². The summed E-state index contributed by atoms with van der Waals surface area (Å²) >= 11 is 0. The van der Waals surface area contributed by atoms with Crippen molar-refractivity contribution in [1.82, 2.24) is 4.90 Å². The van der Waals surface area contributed by atoms with Crippen LogP contribution in [0.15, 0.2) is 0 Å². The standard InChI is InChI=1S/C38H62F3NO6/c1-9-45-31(33(5,6)44)23-18-22(2)28-29(47-23)30(43)35(8)25-11-10-24-32(3,4)26(48-27-19-42(16-17-46-27)21-38(39,40)41)12-13-36(24)20-37(25,36)15-14-34(28,35)7/h22-31,43-44H,9-21H2,1-8H3/t22-,23-,24+,25+,26+,27+,28+,29+,30+,31+,34-,35-,36?,37+/m1/s1. The van der Waals surface area contributed by atoms with Gasteiger partial charge in [-0.05, 0) is 117 Å². The van der Waals surface area contributed by atoms with E-state index in [0.29, 0.717) is 24.4 Å². The van der Waals surface area contributed by atoms with Crippen LogP contribution in [0.1, 0.15) is 107 Å². The molecule has 10 heteroatoms. The quantitative estimate of drug-likeness (QED) is 0.314. The summed E-state index contributed by atoms with van der Waals surface area (Å²) in [7, 11) is 0. The highest BCUT2D eigenvalue weighted by Gasteiger charge is 2.84. The summed E-state index contributed by atoms with van der Waals surface area (Å²) in [6.45, 7) is 17.6. The molecule has 0 aromatic rings. The Bertz CT molecular complexity index is 1230. The van der Waals surface area contributed by atoms with Gasteiger partial charge in [0.1, 0.15) is 6.10 Å². The zero-order chi connectivity index (χ0) is 34.9. The van der Waals surface area contributed by atoms with Crippen LogP contribution in [0.5, 0.6) is 0 Å². The number of halogens is 3. The van der Waals surface area contributed by atoms with Gasteiger partial charge in [0.15, 0.2) is 6.29 Å². The second-order valence-electron chi connectivity index (χ2n) is 18.9. The Morgan fingerprint density at radius 2 is 1.69 bits per heavy atom. The van der Waals surface area contributed by atoms with Crippen molar-refractivity contribution in [2.75, 3.05) is 32.8 Å². The fraction of sp³-hybridized carbons (Fsp3) is 1.00. The lowest BCUT2D eigenvalue weighted by atomic mass is 9.41. The number of hydrogen-bond acceptors (Lipinski definition) is 7. The Labute approximate surface area is 286 Å². The number of aliphatic hydroxyl groups is 2. The van der Waals surface area contributed by atoms with Crippen molar-refractivity contribution in [2.24, 2.45) is 50.7 Å². The molecule has 0 aromatic carbocycles. The minimum atomic E-state index is -4.23. The van der Waals surface area contributed by atoms with Gasteiger partial charge in [0.05, 0.1) is 43.2 Å². The molecular weight excluding hydrogens is 623 g/mol. The summed E-state index contributed by atoms with van der Waals surface area (Å²) in [4.78, 5) is 1.41. The van der Waals surface area contributed by atoms with Crippen LogP contribution in [0.2, 0.25) is 0 Å². The average Bonchev–Trinajstić information content (AvgIpc) is 3.61. The van der Waals surface area contributed by atoms with Crippen LogP contribution < -0.4 is 0 Å². The molecule has 7 rings (SSSR count). The number of hydrogen-bond donors (Lipinski definition) is 2. The molecule has 1 unspecified atom stereocenters. The van der Waals surface area contributed by atoms with E-state index >= 15 is 0 Å². The van der Waals surface area contributed by atoms with Gasteiger partial charge < -0.3 is 29.2 Å². The zero-order valence-corrected chi connectivity index (χ0v) is 30.6. The highest BCUT2D eigenvalue weighted by atomic mass is 19.4. The Morgan fingerprint density at radius 3 is 2.35 bits per heavy atom. The monoisotopic (exact) mass is 685 g/mol. The Morgan fingerprint density at radius 1 is 1.00 bits per heavy atom.